The summed E-state index contributed by atoms with van der Waals surface area (Å²) in [6, 6.07) is 25.2. The van der Waals surface area contributed by atoms with E-state index in [4.69, 9.17) is 18.9 Å². The Balaban J connectivity index is 1.73. The van der Waals surface area contributed by atoms with Crippen LogP contribution in [-0.2, 0) is 28.7 Å². The van der Waals surface area contributed by atoms with Gasteiger partial charge in [0.15, 0.2) is 0 Å². The third-order valence-electron chi connectivity index (χ3n) is 7.15. The first kappa shape index (κ1) is 38.4. The lowest BCUT2D eigenvalue weighted by Crippen LogP contribution is -2.10. The molecule has 0 radical (unpaired) electrons. The van der Waals surface area contributed by atoms with Crippen LogP contribution in [0.2, 0.25) is 0 Å². The van der Waals surface area contributed by atoms with Crippen LogP contribution in [0.25, 0.3) is 28.3 Å². The van der Waals surface area contributed by atoms with Gasteiger partial charge in [-0.15, -0.1) is 0 Å². The number of carbonyl (C=O) groups excluding carboxylic acids is 4. The van der Waals surface area contributed by atoms with E-state index in [-0.39, 0.29) is 22.5 Å². The van der Waals surface area contributed by atoms with Crippen LogP contribution in [-0.4, -0.2) is 23.9 Å². The highest BCUT2D eigenvalue weighted by Crippen LogP contribution is 2.33. The van der Waals surface area contributed by atoms with Crippen LogP contribution in [0.1, 0.15) is 43.0 Å². The summed E-state index contributed by atoms with van der Waals surface area (Å²) in [5.74, 6) is 6.96. The molecular weight excluding hydrogens is 668 g/mol. The second kappa shape index (κ2) is 18.0. The normalized spacial score (nSPS) is 10.0. The predicted molar refractivity (Wildman–Crippen MR) is 204 cm³/mol. The molecule has 0 aliphatic heterocycles. The Hall–Kier alpha value is -7.42. The Morgan fingerprint density at radius 1 is 0.604 bits per heavy atom. The van der Waals surface area contributed by atoms with Crippen molar-refractivity contribution in [2.24, 2.45) is 0 Å². The first-order valence-corrected chi connectivity index (χ1v) is 16.0. The molecule has 0 heterocycles. The van der Waals surface area contributed by atoms with E-state index in [1.54, 1.807) is 43.3 Å². The summed E-state index contributed by atoms with van der Waals surface area (Å²) in [5.41, 5.74) is 6.06. The van der Waals surface area contributed by atoms with Crippen LogP contribution >= 0.6 is 0 Å². The molecule has 262 valence electrons. The van der Waals surface area contributed by atoms with Crippen LogP contribution in [0.15, 0.2) is 140 Å². The number of hydrogen-bond acceptors (Lipinski definition) is 8. The molecule has 0 aromatic heterocycles. The number of rotatable bonds is 10. The summed E-state index contributed by atoms with van der Waals surface area (Å²) in [7, 11) is 0. The van der Waals surface area contributed by atoms with E-state index in [0.29, 0.717) is 33.6 Å². The molecule has 4 rings (SSSR count). The van der Waals surface area contributed by atoms with Crippen molar-refractivity contribution in [1.82, 2.24) is 0 Å². The molecule has 8 nitrogen and oxygen atoms in total. The SMILES string of the molecule is C=CC(=O)Oc1ccc(C#Cc2c(C=COC(=O)C(=C)C)cc(-c3ccc(-c4ccc(C#COC(=O)C(=C)C)cc4)cc3)cc2OC(=O)C(=C)C)cc1. The van der Waals surface area contributed by atoms with Crippen molar-refractivity contribution >= 4 is 30.0 Å². The third kappa shape index (κ3) is 11.0. The molecule has 0 bridgehead atoms. The topological polar surface area (TPSA) is 105 Å². The predicted octanol–water partition coefficient (Wildman–Crippen LogP) is 8.51. The highest BCUT2D eigenvalue weighted by atomic mass is 16.5. The van der Waals surface area contributed by atoms with Gasteiger partial charge in [0, 0.05) is 33.9 Å². The van der Waals surface area contributed by atoms with E-state index in [1.165, 1.54) is 20.1 Å². The van der Waals surface area contributed by atoms with Gasteiger partial charge in [0.2, 0.25) is 0 Å². The van der Waals surface area contributed by atoms with Crippen LogP contribution < -0.4 is 9.47 Å². The van der Waals surface area contributed by atoms with E-state index >= 15 is 0 Å². The van der Waals surface area contributed by atoms with Crippen LogP contribution in [0.4, 0.5) is 0 Å². The third-order valence-corrected chi connectivity index (χ3v) is 7.15. The molecule has 0 amide bonds. The second-order valence-corrected chi connectivity index (χ2v) is 11.5. The van der Waals surface area contributed by atoms with Crippen molar-refractivity contribution in [3.8, 4) is 57.6 Å². The monoisotopic (exact) mass is 702 g/mol. The quantitative estimate of drug-likeness (QED) is 0.0533. The van der Waals surface area contributed by atoms with E-state index in [0.717, 1.165) is 22.8 Å². The van der Waals surface area contributed by atoms with Crippen LogP contribution in [0.3, 0.4) is 0 Å². The van der Waals surface area contributed by atoms with Gasteiger partial charge >= 0.3 is 23.9 Å². The van der Waals surface area contributed by atoms with Crippen molar-refractivity contribution in [3.05, 3.63) is 163 Å². The van der Waals surface area contributed by atoms with Gasteiger partial charge in [0.05, 0.1) is 11.8 Å². The molecule has 53 heavy (non-hydrogen) atoms. The van der Waals surface area contributed by atoms with Gasteiger partial charge in [-0.25, -0.2) is 19.2 Å². The lowest BCUT2D eigenvalue weighted by atomic mass is 9.96. The standard InChI is InChI=1S/C45H34O8/c1-8-42(46)52-39-20-11-32(12-21-39)13-22-40-37(24-26-51-44(48)30(4)5)27-38(28-41(40)53-45(49)31(6)7)36-18-16-35(17-19-36)34-14-9-33(10-15-34)23-25-50-43(47)29(2)3/h8-12,14-21,24,26-28H,1-2,4,6H2,3,5,7H3. The number of benzene rings is 4. The molecule has 0 atom stereocenters. The molecule has 0 aliphatic rings. The van der Waals surface area contributed by atoms with Gasteiger partial charge in [0.25, 0.3) is 0 Å². The van der Waals surface area contributed by atoms with E-state index in [9.17, 15) is 19.2 Å². The number of carbonyl (C=O) groups is 4. The van der Waals surface area contributed by atoms with E-state index < -0.39 is 23.9 Å². The molecule has 0 fully saturated rings. The largest absolute Gasteiger partial charge is 0.431 e. The van der Waals surface area contributed by atoms with Gasteiger partial charge in [-0.05, 0) is 109 Å². The van der Waals surface area contributed by atoms with Gasteiger partial charge in [-0.1, -0.05) is 74.6 Å². The summed E-state index contributed by atoms with van der Waals surface area (Å²) in [5, 5.41) is 0. The highest BCUT2D eigenvalue weighted by molar-refractivity contribution is 5.90. The Bertz CT molecular complexity index is 2280. The molecule has 4 aromatic rings. The average molecular weight is 703 g/mol. The lowest BCUT2D eigenvalue weighted by molar-refractivity contribution is -0.134. The molecule has 0 spiro atoms. The zero-order valence-corrected chi connectivity index (χ0v) is 29.4. The van der Waals surface area contributed by atoms with Gasteiger partial charge in [-0.3, -0.25) is 0 Å². The fourth-order valence-electron chi connectivity index (χ4n) is 4.32. The first-order chi connectivity index (χ1) is 25.3. The van der Waals surface area contributed by atoms with Crippen molar-refractivity contribution in [2.45, 2.75) is 20.8 Å². The van der Waals surface area contributed by atoms with E-state index in [2.05, 4.69) is 50.2 Å². The number of ether oxygens (including phenoxy) is 4. The fraction of sp³-hybridized carbons (Fsp3) is 0.0667. The van der Waals surface area contributed by atoms with Crippen LogP contribution in [0.5, 0.6) is 11.5 Å². The second-order valence-electron chi connectivity index (χ2n) is 11.5. The Labute approximate surface area is 308 Å². The molecule has 4 aromatic carbocycles. The minimum atomic E-state index is -0.653. The Kier molecular flexibility index (Phi) is 13.0. The summed E-state index contributed by atoms with van der Waals surface area (Å²) in [4.78, 5) is 48.1. The van der Waals surface area contributed by atoms with Gasteiger partial charge < -0.3 is 18.9 Å². The smallest absolute Gasteiger partial charge is 0.347 e. The molecule has 0 saturated carbocycles. The Morgan fingerprint density at radius 2 is 1.13 bits per heavy atom. The molecule has 0 unspecified atom stereocenters. The maximum Gasteiger partial charge on any atom is 0.347 e. The van der Waals surface area contributed by atoms with Gasteiger partial charge in [0.1, 0.15) is 17.6 Å². The fourth-order valence-corrected chi connectivity index (χ4v) is 4.32. The average Bonchev–Trinajstić information content (AvgIpc) is 3.15. The molecule has 8 heteroatoms. The maximum atomic E-state index is 12.8. The maximum absolute atomic E-state index is 12.8. The van der Waals surface area contributed by atoms with Crippen molar-refractivity contribution in [2.75, 3.05) is 0 Å². The van der Waals surface area contributed by atoms with Crippen molar-refractivity contribution in [1.29, 1.82) is 0 Å². The summed E-state index contributed by atoms with van der Waals surface area (Å²) in [6.45, 7) is 18.8. The molecule has 0 N–H and O–H groups in total. The molecular formula is C45H34O8. The van der Waals surface area contributed by atoms with Crippen LogP contribution in [0, 0.1) is 23.9 Å². The van der Waals surface area contributed by atoms with Gasteiger partial charge in [-0.2, -0.15) is 0 Å². The minimum Gasteiger partial charge on any atom is -0.431 e. The lowest BCUT2D eigenvalue weighted by Gasteiger charge is -2.13. The minimum absolute atomic E-state index is 0.153. The summed E-state index contributed by atoms with van der Waals surface area (Å²) < 4.78 is 21.0. The zero-order chi connectivity index (χ0) is 38.5. The Morgan fingerprint density at radius 3 is 1.70 bits per heavy atom. The number of esters is 4. The van der Waals surface area contributed by atoms with Crippen molar-refractivity contribution in [3.63, 3.8) is 0 Å². The molecule has 0 saturated heterocycles. The van der Waals surface area contributed by atoms with E-state index in [1.807, 2.05) is 54.6 Å². The number of hydrogen-bond donors (Lipinski definition) is 0. The highest BCUT2D eigenvalue weighted by Gasteiger charge is 2.16. The zero-order valence-electron chi connectivity index (χ0n) is 29.4. The summed E-state index contributed by atoms with van der Waals surface area (Å²) >= 11 is 0. The molecule has 0 aliphatic carbocycles. The first-order valence-electron chi connectivity index (χ1n) is 16.0. The summed E-state index contributed by atoms with van der Waals surface area (Å²) in [6.07, 6.45) is 6.22. The van der Waals surface area contributed by atoms with Crippen molar-refractivity contribution < 1.29 is 38.1 Å².